The van der Waals surface area contributed by atoms with Crippen LogP contribution in [0, 0.1) is 0 Å². The normalized spacial score (nSPS) is 11.2. The number of carbonyl (C=O) groups is 1. The lowest BCUT2D eigenvalue weighted by molar-refractivity contribution is 0.0945. The van der Waals surface area contributed by atoms with E-state index in [1.165, 1.54) is 17.2 Å². The summed E-state index contributed by atoms with van der Waals surface area (Å²) in [7, 11) is 0. The minimum Gasteiger partial charge on any atom is -0.457 e. The van der Waals surface area contributed by atoms with Gasteiger partial charge in [0.1, 0.15) is 17.8 Å². The molecule has 8 heteroatoms. The van der Waals surface area contributed by atoms with Crippen LogP contribution < -0.4 is 10.1 Å². The lowest BCUT2D eigenvalue weighted by Crippen LogP contribution is -2.26. The third-order valence-electron chi connectivity index (χ3n) is 7.00. The second kappa shape index (κ2) is 13.0. The summed E-state index contributed by atoms with van der Waals surface area (Å²) in [5.74, 6) is 1.78. The van der Waals surface area contributed by atoms with Crippen molar-refractivity contribution in [1.82, 2.24) is 25.2 Å². The predicted molar refractivity (Wildman–Crippen MR) is 161 cm³/mol. The predicted octanol–water partition coefficient (Wildman–Crippen LogP) is 6.52. The van der Waals surface area contributed by atoms with Crippen molar-refractivity contribution in [2.75, 3.05) is 6.54 Å². The summed E-state index contributed by atoms with van der Waals surface area (Å²) in [5.41, 5.74) is 4.70. The number of aromatic nitrogens is 3. The van der Waals surface area contributed by atoms with E-state index in [1.54, 1.807) is 12.4 Å². The zero-order valence-electron chi connectivity index (χ0n) is 23.1. The summed E-state index contributed by atoms with van der Waals surface area (Å²) < 4.78 is 11.8. The molecule has 0 saturated heterocycles. The molecule has 42 heavy (non-hydrogen) atoms. The number of carbonyl (C=O) groups excluding carboxylic acids is 1. The van der Waals surface area contributed by atoms with Crippen LogP contribution in [-0.2, 0) is 26.1 Å². The Morgan fingerprint density at radius 2 is 1.69 bits per heavy atom. The van der Waals surface area contributed by atoms with E-state index in [-0.39, 0.29) is 11.6 Å². The van der Waals surface area contributed by atoms with Crippen LogP contribution in [0.1, 0.15) is 33.1 Å². The second-order valence-electron chi connectivity index (χ2n) is 10.0. The molecule has 0 saturated carbocycles. The minimum atomic E-state index is -0.280. The van der Waals surface area contributed by atoms with Crippen LogP contribution in [0.15, 0.2) is 120 Å². The van der Waals surface area contributed by atoms with Crippen LogP contribution >= 0.6 is 0 Å². The van der Waals surface area contributed by atoms with Gasteiger partial charge in [-0.3, -0.25) is 14.7 Å². The number of amides is 1. The zero-order valence-corrected chi connectivity index (χ0v) is 23.1. The largest absolute Gasteiger partial charge is 0.457 e. The van der Waals surface area contributed by atoms with Crippen LogP contribution in [0.25, 0.3) is 10.9 Å². The Hall–Kier alpha value is -5.21. The Bertz CT molecular complexity index is 1750. The Morgan fingerprint density at radius 1 is 0.881 bits per heavy atom. The highest BCUT2D eigenvalue weighted by molar-refractivity contribution is 5.91. The maximum Gasteiger partial charge on any atom is 0.273 e. The molecule has 0 aliphatic carbocycles. The van der Waals surface area contributed by atoms with Crippen molar-refractivity contribution < 1.29 is 13.9 Å². The van der Waals surface area contributed by atoms with Crippen molar-refractivity contribution in [1.29, 1.82) is 0 Å². The molecule has 0 fully saturated rings. The molecule has 0 atom stereocenters. The Balaban J connectivity index is 1.16. The molecule has 3 aromatic carbocycles. The third-order valence-corrected chi connectivity index (χ3v) is 7.00. The molecule has 6 aromatic rings. The molecule has 3 aromatic heterocycles. The van der Waals surface area contributed by atoms with Crippen LogP contribution in [0.4, 0.5) is 0 Å². The van der Waals surface area contributed by atoms with E-state index < -0.39 is 0 Å². The van der Waals surface area contributed by atoms with E-state index in [9.17, 15) is 4.79 Å². The fourth-order valence-corrected chi connectivity index (χ4v) is 4.87. The number of fused-ring (bicyclic) bond motifs is 1. The average Bonchev–Trinajstić information content (AvgIpc) is 3.67. The molecular weight excluding hydrogens is 526 g/mol. The monoisotopic (exact) mass is 557 g/mol. The molecule has 0 aliphatic rings. The summed E-state index contributed by atoms with van der Waals surface area (Å²) in [5, 5.41) is 4.11. The number of hydrogen-bond acceptors (Lipinski definition) is 6. The Labute approximate surface area is 244 Å². The number of benzene rings is 3. The summed E-state index contributed by atoms with van der Waals surface area (Å²) in [6.45, 7) is 2.25. The molecular formula is C34H31N5O3. The number of H-pyrrole nitrogens is 1. The third kappa shape index (κ3) is 6.92. The van der Waals surface area contributed by atoms with Crippen molar-refractivity contribution in [3.63, 3.8) is 0 Å². The first-order valence-corrected chi connectivity index (χ1v) is 13.9. The molecule has 8 nitrogen and oxygen atoms in total. The number of ether oxygens (including phenoxy) is 1. The van der Waals surface area contributed by atoms with E-state index in [1.807, 2.05) is 60.7 Å². The molecule has 0 radical (unpaired) electrons. The summed E-state index contributed by atoms with van der Waals surface area (Å²) in [4.78, 5) is 26.9. The number of para-hydroxylation sites is 2. The van der Waals surface area contributed by atoms with E-state index in [4.69, 9.17) is 9.15 Å². The highest BCUT2D eigenvalue weighted by Crippen LogP contribution is 2.24. The van der Waals surface area contributed by atoms with Crippen LogP contribution in [0.2, 0.25) is 0 Å². The van der Waals surface area contributed by atoms with E-state index in [2.05, 4.69) is 61.7 Å². The molecule has 1 amide bonds. The quantitative estimate of drug-likeness (QED) is 0.178. The number of rotatable bonds is 12. The summed E-state index contributed by atoms with van der Waals surface area (Å²) in [6.07, 6.45) is 7.73. The van der Waals surface area contributed by atoms with E-state index in [0.717, 1.165) is 41.1 Å². The standard InChI is InChI=1S/C34H31N5O3/c40-34(37-20-25-13-16-35-17-14-25)32-24-41-33(38-32)23-39(18-15-27-21-36-31-12-5-4-11-30(27)31)22-26-7-6-10-29(19-26)42-28-8-2-1-3-9-28/h1-14,16-17,19,21,24,36H,15,18,20,22-23H2,(H,37,40). The highest BCUT2D eigenvalue weighted by Gasteiger charge is 2.16. The second-order valence-corrected chi connectivity index (χ2v) is 10.0. The average molecular weight is 558 g/mol. The van der Waals surface area contributed by atoms with Gasteiger partial charge in [0.25, 0.3) is 5.91 Å². The van der Waals surface area contributed by atoms with Gasteiger partial charge in [-0.15, -0.1) is 0 Å². The Morgan fingerprint density at radius 3 is 2.57 bits per heavy atom. The fraction of sp³-hybridized carbons (Fsp3) is 0.147. The zero-order chi connectivity index (χ0) is 28.6. The summed E-state index contributed by atoms with van der Waals surface area (Å²) in [6, 6.07) is 29.9. The maximum atomic E-state index is 12.7. The molecule has 0 unspecified atom stereocenters. The van der Waals surface area contributed by atoms with Crippen LogP contribution in [0.5, 0.6) is 11.5 Å². The summed E-state index contributed by atoms with van der Waals surface area (Å²) >= 11 is 0. The number of pyridine rings is 1. The van der Waals surface area contributed by atoms with Crippen molar-refractivity contribution in [2.24, 2.45) is 0 Å². The SMILES string of the molecule is O=C(NCc1ccncc1)c1coc(CN(CCc2c[nH]c3ccccc23)Cc2cccc(Oc3ccccc3)c2)n1. The van der Waals surface area contributed by atoms with Gasteiger partial charge in [0.05, 0.1) is 6.54 Å². The smallest absolute Gasteiger partial charge is 0.273 e. The lowest BCUT2D eigenvalue weighted by atomic mass is 10.1. The van der Waals surface area contributed by atoms with Crippen molar-refractivity contribution in [3.05, 3.63) is 144 Å². The number of oxazole rings is 1. The first-order valence-electron chi connectivity index (χ1n) is 13.9. The number of nitrogens with one attached hydrogen (secondary N) is 2. The molecule has 0 bridgehead atoms. The minimum absolute atomic E-state index is 0.258. The number of aromatic amines is 1. The van der Waals surface area contributed by atoms with Crippen molar-refractivity contribution in [2.45, 2.75) is 26.1 Å². The first-order chi connectivity index (χ1) is 20.7. The first kappa shape index (κ1) is 27.0. The highest BCUT2D eigenvalue weighted by atomic mass is 16.5. The van der Waals surface area contributed by atoms with Crippen LogP contribution in [-0.4, -0.2) is 32.3 Å². The van der Waals surface area contributed by atoms with Gasteiger partial charge < -0.3 is 19.5 Å². The van der Waals surface area contributed by atoms with Gasteiger partial charge in [0, 0.05) is 49.1 Å². The van der Waals surface area contributed by atoms with E-state index >= 15 is 0 Å². The molecule has 6 rings (SSSR count). The van der Waals surface area contributed by atoms with Crippen LogP contribution in [0.3, 0.4) is 0 Å². The van der Waals surface area contributed by atoms with E-state index in [0.29, 0.717) is 25.5 Å². The molecule has 0 aliphatic heterocycles. The maximum absolute atomic E-state index is 12.7. The number of nitrogens with zero attached hydrogens (tertiary/aromatic N) is 3. The van der Waals surface area contributed by atoms with Gasteiger partial charge in [-0.05, 0) is 65.6 Å². The van der Waals surface area contributed by atoms with Gasteiger partial charge in [-0.1, -0.05) is 48.5 Å². The van der Waals surface area contributed by atoms with Gasteiger partial charge in [0.2, 0.25) is 5.89 Å². The van der Waals surface area contributed by atoms with Crippen molar-refractivity contribution >= 4 is 16.8 Å². The fourth-order valence-electron chi connectivity index (χ4n) is 4.87. The van der Waals surface area contributed by atoms with Gasteiger partial charge in [-0.25, -0.2) is 4.98 Å². The van der Waals surface area contributed by atoms with Gasteiger partial charge >= 0.3 is 0 Å². The Kier molecular flexibility index (Phi) is 8.33. The lowest BCUT2D eigenvalue weighted by Gasteiger charge is -2.21. The van der Waals surface area contributed by atoms with Crippen molar-refractivity contribution in [3.8, 4) is 11.5 Å². The number of hydrogen-bond donors (Lipinski definition) is 2. The molecule has 2 N–H and O–H groups in total. The molecule has 210 valence electrons. The molecule has 0 spiro atoms. The topological polar surface area (TPSA) is 96.3 Å². The van der Waals surface area contributed by atoms with Gasteiger partial charge in [-0.2, -0.15) is 0 Å². The van der Waals surface area contributed by atoms with Gasteiger partial charge in [0.15, 0.2) is 5.69 Å². The molecule has 3 heterocycles.